The normalized spacial score (nSPS) is 16.4. The first kappa shape index (κ1) is 9.74. The Bertz CT molecular complexity index is 326. The minimum absolute atomic E-state index is 0.179. The largest absolute Gasteiger partial charge is 0.485 e. The van der Waals surface area contributed by atoms with Gasteiger partial charge in [0.1, 0.15) is 11.9 Å². The molecule has 0 unspecified atom stereocenters. The van der Waals surface area contributed by atoms with Crippen molar-refractivity contribution in [1.29, 1.82) is 0 Å². The van der Waals surface area contributed by atoms with Crippen molar-refractivity contribution in [3.8, 4) is 5.75 Å². The second-order valence-corrected chi connectivity index (χ2v) is 3.61. The minimum atomic E-state index is 0.179. The van der Waals surface area contributed by atoms with Crippen molar-refractivity contribution in [1.82, 2.24) is 4.98 Å². The number of aryl methyl sites for hydroxylation is 1. The predicted molar refractivity (Wildman–Crippen MR) is 53.8 cm³/mol. The van der Waals surface area contributed by atoms with Crippen LogP contribution in [0, 0.1) is 6.92 Å². The van der Waals surface area contributed by atoms with Crippen molar-refractivity contribution in [3.05, 3.63) is 23.5 Å². The van der Waals surface area contributed by atoms with Crippen LogP contribution >= 0.6 is 11.6 Å². The van der Waals surface area contributed by atoms with E-state index in [1.165, 1.54) is 0 Å². The first-order valence-corrected chi connectivity index (χ1v) is 5.09. The van der Waals surface area contributed by atoms with Crippen LogP contribution < -0.4 is 4.74 Å². The summed E-state index contributed by atoms with van der Waals surface area (Å²) in [5.74, 6) is 1.26. The molecule has 0 aliphatic carbocycles. The van der Waals surface area contributed by atoms with Crippen LogP contribution in [0.4, 0.5) is 0 Å². The molecule has 1 aliphatic rings. The first-order chi connectivity index (χ1) is 6.79. The number of halogens is 1. The van der Waals surface area contributed by atoms with Crippen molar-refractivity contribution >= 4 is 11.6 Å². The molecule has 76 valence electrons. The van der Waals surface area contributed by atoms with Crippen LogP contribution in [0.2, 0.25) is 0 Å². The van der Waals surface area contributed by atoms with Gasteiger partial charge < -0.3 is 9.47 Å². The molecule has 0 bridgehead atoms. The molecule has 1 aliphatic heterocycles. The van der Waals surface area contributed by atoms with Gasteiger partial charge >= 0.3 is 0 Å². The van der Waals surface area contributed by atoms with Crippen molar-refractivity contribution in [2.75, 3.05) is 13.2 Å². The SMILES string of the molecule is Cc1cc(OC2COC2)c(CCl)cn1. The van der Waals surface area contributed by atoms with Crippen LogP contribution in [-0.4, -0.2) is 24.3 Å². The monoisotopic (exact) mass is 213 g/mol. The van der Waals surface area contributed by atoms with Crippen LogP contribution in [-0.2, 0) is 10.6 Å². The van der Waals surface area contributed by atoms with Gasteiger partial charge in [-0.1, -0.05) is 0 Å². The van der Waals surface area contributed by atoms with E-state index in [9.17, 15) is 0 Å². The maximum absolute atomic E-state index is 5.78. The smallest absolute Gasteiger partial charge is 0.145 e. The van der Waals surface area contributed by atoms with E-state index in [0.717, 1.165) is 17.0 Å². The maximum Gasteiger partial charge on any atom is 0.145 e. The fraction of sp³-hybridized carbons (Fsp3) is 0.500. The maximum atomic E-state index is 5.78. The quantitative estimate of drug-likeness (QED) is 0.719. The molecule has 2 rings (SSSR count). The van der Waals surface area contributed by atoms with E-state index in [1.54, 1.807) is 6.20 Å². The summed E-state index contributed by atoms with van der Waals surface area (Å²) in [4.78, 5) is 4.17. The van der Waals surface area contributed by atoms with Crippen LogP contribution in [0.5, 0.6) is 5.75 Å². The highest BCUT2D eigenvalue weighted by atomic mass is 35.5. The van der Waals surface area contributed by atoms with Gasteiger partial charge in [-0.05, 0) is 6.92 Å². The van der Waals surface area contributed by atoms with Gasteiger partial charge in [-0.15, -0.1) is 11.6 Å². The van der Waals surface area contributed by atoms with E-state index in [1.807, 2.05) is 13.0 Å². The summed E-state index contributed by atoms with van der Waals surface area (Å²) < 4.78 is 10.7. The van der Waals surface area contributed by atoms with E-state index in [0.29, 0.717) is 19.1 Å². The number of hydrogen-bond donors (Lipinski definition) is 0. The van der Waals surface area contributed by atoms with E-state index in [2.05, 4.69) is 4.98 Å². The lowest BCUT2D eigenvalue weighted by Gasteiger charge is -2.27. The molecule has 14 heavy (non-hydrogen) atoms. The van der Waals surface area contributed by atoms with E-state index in [-0.39, 0.29) is 6.10 Å². The summed E-state index contributed by atoms with van der Waals surface area (Å²) in [5, 5.41) is 0. The molecule has 0 spiro atoms. The summed E-state index contributed by atoms with van der Waals surface area (Å²) in [7, 11) is 0. The molecule has 3 nitrogen and oxygen atoms in total. The van der Waals surface area contributed by atoms with Crippen molar-refractivity contribution in [3.63, 3.8) is 0 Å². The van der Waals surface area contributed by atoms with Gasteiger partial charge in [-0.2, -0.15) is 0 Å². The third-order valence-corrected chi connectivity index (χ3v) is 2.41. The molecule has 0 radical (unpaired) electrons. The van der Waals surface area contributed by atoms with Crippen LogP contribution in [0.3, 0.4) is 0 Å². The zero-order valence-electron chi connectivity index (χ0n) is 8.00. The van der Waals surface area contributed by atoms with Gasteiger partial charge in [0.05, 0.1) is 19.1 Å². The van der Waals surface area contributed by atoms with E-state index < -0.39 is 0 Å². The molecule has 0 saturated carbocycles. The number of rotatable bonds is 3. The summed E-state index contributed by atoms with van der Waals surface area (Å²) in [6, 6.07) is 1.91. The van der Waals surface area contributed by atoms with Crippen LogP contribution in [0.1, 0.15) is 11.3 Å². The molecule has 0 atom stereocenters. The Balaban J connectivity index is 2.15. The Hall–Kier alpha value is -0.800. The van der Waals surface area contributed by atoms with Gasteiger partial charge in [0.2, 0.25) is 0 Å². The molecule has 0 amide bonds. The number of nitrogens with zero attached hydrogens (tertiary/aromatic N) is 1. The Labute approximate surface area is 88.0 Å². The lowest BCUT2D eigenvalue weighted by molar-refractivity contribution is -0.0799. The highest BCUT2D eigenvalue weighted by Gasteiger charge is 2.21. The summed E-state index contributed by atoms with van der Waals surface area (Å²) in [6.07, 6.45) is 1.94. The van der Waals surface area contributed by atoms with E-state index >= 15 is 0 Å². The molecule has 1 fully saturated rings. The Kier molecular flexibility index (Phi) is 2.89. The molecule has 1 saturated heterocycles. The number of ether oxygens (including phenoxy) is 2. The zero-order chi connectivity index (χ0) is 9.97. The fourth-order valence-corrected chi connectivity index (χ4v) is 1.44. The topological polar surface area (TPSA) is 31.4 Å². The predicted octanol–water partition coefficient (Wildman–Crippen LogP) is 1.91. The third kappa shape index (κ3) is 1.99. The average Bonchev–Trinajstić information content (AvgIpc) is 2.12. The van der Waals surface area contributed by atoms with Gasteiger partial charge in [-0.3, -0.25) is 4.98 Å². The average molecular weight is 214 g/mol. The summed E-state index contributed by atoms with van der Waals surface area (Å²) in [5.41, 5.74) is 1.87. The molecule has 4 heteroatoms. The number of aromatic nitrogens is 1. The highest BCUT2D eigenvalue weighted by Crippen LogP contribution is 2.23. The van der Waals surface area contributed by atoms with E-state index in [4.69, 9.17) is 21.1 Å². The van der Waals surface area contributed by atoms with Gasteiger partial charge in [0.15, 0.2) is 0 Å². The second kappa shape index (κ2) is 4.15. The lowest BCUT2D eigenvalue weighted by Crippen LogP contribution is -2.38. The molecule has 2 heterocycles. The first-order valence-electron chi connectivity index (χ1n) is 4.55. The van der Waals surface area contributed by atoms with Crippen molar-refractivity contribution in [2.24, 2.45) is 0 Å². The number of pyridine rings is 1. The summed E-state index contributed by atoms with van der Waals surface area (Å²) >= 11 is 5.78. The van der Waals surface area contributed by atoms with Gasteiger partial charge in [0.25, 0.3) is 0 Å². The molecule has 0 aromatic carbocycles. The highest BCUT2D eigenvalue weighted by molar-refractivity contribution is 6.17. The zero-order valence-corrected chi connectivity index (χ0v) is 8.75. The molecule has 1 aromatic heterocycles. The molecular formula is C10H12ClNO2. The van der Waals surface area contributed by atoms with Gasteiger partial charge in [-0.25, -0.2) is 0 Å². The van der Waals surface area contributed by atoms with Crippen molar-refractivity contribution in [2.45, 2.75) is 18.9 Å². The molecule has 1 aromatic rings. The number of alkyl halides is 1. The molecule has 0 N–H and O–H groups in total. The Morgan fingerprint density at radius 2 is 2.43 bits per heavy atom. The lowest BCUT2D eigenvalue weighted by atomic mass is 10.2. The number of hydrogen-bond acceptors (Lipinski definition) is 3. The van der Waals surface area contributed by atoms with Crippen molar-refractivity contribution < 1.29 is 9.47 Å². The minimum Gasteiger partial charge on any atom is -0.485 e. The second-order valence-electron chi connectivity index (χ2n) is 3.34. The standard InChI is InChI=1S/C10H12ClNO2/c1-7-2-10(8(3-11)4-12-7)14-9-5-13-6-9/h2,4,9H,3,5-6H2,1H3. The Morgan fingerprint density at radius 3 is 3.00 bits per heavy atom. The van der Waals surface area contributed by atoms with Crippen LogP contribution in [0.15, 0.2) is 12.3 Å². The molecular weight excluding hydrogens is 202 g/mol. The fourth-order valence-electron chi connectivity index (χ4n) is 1.23. The van der Waals surface area contributed by atoms with Gasteiger partial charge in [0, 0.05) is 23.5 Å². The Morgan fingerprint density at radius 1 is 1.64 bits per heavy atom. The van der Waals surface area contributed by atoms with Crippen LogP contribution in [0.25, 0.3) is 0 Å². The summed E-state index contributed by atoms with van der Waals surface area (Å²) in [6.45, 7) is 3.27. The third-order valence-electron chi connectivity index (χ3n) is 2.13.